The highest BCUT2D eigenvalue weighted by atomic mass is 35.5. The second-order valence-electron chi connectivity index (χ2n) is 4.31. The van der Waals surface area contributed by atoms with Crippen molar-refractivity contribution in [3.63, 3.8) is 0 Å². The molecule has 5 heteroatoms. The Hall–Kier alpha value is -0.930. The molecular formula is C13H17Cl2NO2. The smallest absolute Gasteiger partial charge is 0.258 e. The highest BCUT2D eigenvalue weighted by Crippen LogP contribution is 2.15. The summed E-state index contributed by atoms with van der Waals surface area (Å²) in [4.78, 5) is 11.6. The third-order valence-electron chi connectivity index (χ3n) is 2.50. The first-order valence-electron chi connectivity index (χ1n) is 5.76. The summed E-state index contributed by atoms with van der Waals surface area (Å²) in [5.74, 6) is 1.12. The zero-order chi connectivity index (χ0) is 13.5. The van der Waals surface area contributed by atoms with Gasteiger partial charge in [-0.25, -0.2) is 0 Å². The number of halogens is 2. The Labute approximate surface area is 117 Å². The molecule has 0 aromatic heterocycles. The number of alkyl halides is 1. The van der Waals surface area contributed by atoms with Crippen molar-refractivity contribution in [2.75, 3.05) is 12.5 Å². The van der Waals surface area contributed by atoms with Crippen LogP contribution < -0.4 is 10.1 Å². The van der Waals surface area contributed by atoms with Gasteiger partial charge in [-0.05, 0) is 30.2 Å². The molecule has 100 valence electrons. The van der Waals surface area contributed by atoms with Crippen LogP contribution in [-0.4, -0.2) is 24.4 Å². The van der Waals surface area contributed by atoms with E-state index in [1.54, 1.807) is 24.3 Å². The summed E-state index contributed by atoms with van der Waals surface area (Å²) in [5.41, 5.74) is 0. The minimum atomic E-state index is -0.177. The van der Waals surface area contributed by atoms with Crippen molar-refractivity contribution >= 4 is 29.1 Å². The lowest BCUT2D eigenvalue weighted by Crippen LogP contribution is -2.42. The molecule has 0 radical (unpaired) electrons. The van der Waals surface area contributed by atoms with Crippen LogP contribution in [0.3, 0.4) is 0 Å². The fraction of sp³-hybridized carbons (Fsp3) is 0.462. The van der Waals surface area contributed by atoms with Crippen molar-refractivity contribution in [1.82, 2.24) is 5.32 Å². The third-order valence-corrected chi connectivity index (χ3v) is 3.09. The van der Waals surface area contributed by atoms with E-state index in [4.69, 9.17) is 27.9 Å². The molecule has 0 aliphatic carbocycles. The van der Waals surface area contributed by atoms with E-state index in [0.717, 1.165) is 0 Å². The van der Waals surface area contributed by atoms with E-state index in [0.29, 0.717) is 22.6 Å². The molecule has 1 rings (SSSR count). The average Bonchev–Trinajstić information content (AvgIpc) is 2.35. The number of ether oxygens (including phenoxy) is 1. The molecule has 0 aliphatic heterocycles. The number of hydrogen-bond acceptors (Lipinski definition) is 2. The van der Waals surface area contributed by atoms with Crippen molar-refractivity contribution in [3.05, 3.63) is 29.3 Å². The molecule has 1 amide bonds. The Bertz CT molecular complexity index is 379. The molecule has 0 heterocycles. The Morgan fingerprint density at radius 3 is 2.44 bits per heavy atom. The average molecular weight is 290 g/mol. The van der Waals surface area contributed by atoms with Crippen LogP contribution in [0.1, 0.15) is 13.8 Å². The summed E-state index contributed by atoms with van der Waals surface area (Å²) in [6, 6.07) is 6.83. The standard InChI is InChI=1S/C13H17Cl2NO2/c1-9(2)12(7-14)16-13(17)8-18-11-5-3-10(15)4-6-11/h3-6,9,12H,7-8H2,1-2H3,(H,16,17). The molecule has 0 aliphatic rings. The van der Waals surface area contributed by atoms with Gasteiger partial charge < -0.3 is 10.1 Å². The molecule has 1 atom stereocenters. The van der Waals surface area contributed by atoms with Crippen LogP contribution in [0, 0.1) is 5.92 Å². The minimum absolute atomic E-state index is 0.0261. The van der Waals surface area contributed by atoms with E-state index in [-0.39, 0.29) is 18.6 Å². The predicted molar refractivity (Wildman–Crippen MR) is 74.4 cm³/mol. The fourth-order valence-electron chi connectivity index (χ4n) is 1.31. The summed E-state index contributed by atoms with van der Waals surface area (Å²) in [6.45, 7) is 3.99. The SMILES string of the molecule is CC(C)C(CCl)NC(=O)COc1ccc(Cl)cc1. The van der Waals surface area contributed by atoms with Gasteiger partial charge in [0.1, 0.15) is 5.75 Å². The van der Waals surface area contributed by atoms with Gasteiger partial charge in [0.25, 0.3) is 5.91 Å². The van der Waals surface area contributed by atoms with Gasteiger partial charge in [-0.3, -0.25) is 4.79 Å². The minimum Gasteiger partial charge on any atom is -0.484 e. The quantitative estimate of drug-likeness (QED) is 0.818. The zero-order valence-corrected chi connectivity index (χ0v) is 12.0. The molecule has 1 aromatic carbocycles. The van der Waals surface area contributed by atoms with Gasteiger partial charge in [0.15, 0.2) is 6.61 Å². The van der Waals surface area contributed by atoms with E-state index in [9.17, 15) is 4.79 Å². The van der Waals surface area contributed by atoms with E-state index in [2.05, 4.69) is 5.32 Å². The van der Waals surface area contributed by atoms with Gasteiger partial charge in [-0.2, -0.15) is 0 Å². The van der Waals surface area contributed by atoms with Crippen LogP contribution in [0.15, 0.2) is 24.3 Å². The number of nitrogens with one attached hydrogen (secondary N) is 1. The highest BCUT2D eigenvalue weighted by Gasteiger charge is 2.15. The Morgan fingerprint density at radius 1 is 1.33 bits per heavy atom. The number of carbonyl (C=O) groups excluding carboxylic acids is 1. The lowest BCUT2D eigenvalue weighted by molar-refractivity contribution is -0.123. The summed E-state index contributed by atoms with van der Waals surface area (Å²) in [6.07, 6.45) is 0. The topological polar surface area (TPSA) is 38.3 Å². The van der Waals surface area contributed by atoms with E-state index in [1.165, 1.54) is 0 Å². The van der Waals surface area contributed by atoms with E-state index < -0.39 is 0 Å². The lowest BCUT2D eigenvalue weighted by Gasteiger charge is -2.19. The fourth-order valence-corrected chi connectivity index (χ4v) is 1.87. The maximum atomic E-state index is 11.6. The van der Waals surface area contributed by atoms with Gasteiger partial charge in [0.05, 0.1) is 0 Å². The van der Waals surface area contributed by atoms with Gasteiger partial charge in [0.2, 0.25) is 0 Å². The van der Waals surface area contributed by atoms with Crippen LogP contribution in [0.5, 0.6) is 5.75 Å². The molecule has 1 unspecified atom stereocenters. The molecular weight excluding hydrogens is 273 g/mol. The van der Waals surface area contributed by atoms with Crippen LogP contribution in [0.4, 0.5) is 0 Å². The van der Waals surface area contributed by atoms with Crippen molar-refractivity contribution in [3.8, 4) is 5.75 Å². The number of benzene rings is 1. The highest BCUT2D eigenvalue weighted by molar-refractivity contribution is 6.30. The monoisotopic (exact) mass is 289 g/mol. The lowest BCUT2D eigenvalue weighted by atomic mass is 10.1. The van der Waals surface area contributed by atoms with Gasteiger partial charge >= 0.3 is 0 Å². The predicted octanol–water partition coefficient (Wildman–Crippen LogP) is 3.10. The van der Waals surface area contributed by atoms with Crippen molar-refractivity contribution in [1.29, 1.82) is 0 Å². The third kappa shape index (κ3) is 5.15. The van der Waals surface area contributed by atoms with Crippen LogP contribution in [-0.2, 0) is 4.79 Å². The molecule has 1 N–H and O–H groups in total. The number of carbonyl (C=O) groups is 1. The summed E-state index contributed by atoms with van der Waals surface area (Å²) in [7, 11) is 0. The summed E-state index contributed by atoms with van der Waals surface area (Å²) >= 11 is 11.5. The Kier molecular flexibility index (Phi) is 6.30. The molecule has 3 nitrogen and oxygen atoms in total. The number of hydrogen-bond donors (Lipinski definition) is 1. The van der Waals surface area contributed by atoms with Crippen LogP contribution in [0.2, 0.25) is 5.02 Å². The Morgan fingerprint density at radius 2 is 1.94 bits per heavy atom. The second-order valence-corrected chi connectivity index (χ2v) is 5.06. The normalized spacial score (nSPS) is 12.3. The first-order valence-corrected chi connectivity index (χ1v) is 6.68. The van der Waals surface area contributed by atoms with Gasteiger partial charge in [-0.15, -0.1) is 11.6 Å². The largest absolute Gasteiger partial charge is 0.484 e. The van der Waals surface area contributed by atoms with Crippen molar-refractivity contribution < 1.29 is 9.53 Å². The molecule has 18 heavy (non-hydrogen) atoms. The van der Waals surface area contributed by atoms with Crippen LogP contribution in [0.25, 0.3) is 0 Å². The molecule has 0 spiro atoms. The zero-order valence-electron chi connectivity index (χ0n) is 10.5. The molecule has 1 aromatic rings. The molecule has 0 saturated heterocycles. The maximum Gasteiger partial charge on any atom is 0.258 e. The first-order chi connectivity index (χ1) is 8.52. The Balaban J connectivity index is 2.39. The first kappa shape index (κ1) is 15.1. The van der Waals surface area contributed by atoms with Crippen molar-refractivity contribution in [2.24, 2.45) is 5.92 Å². The van der Waals surface area contributed by atoms with Gasteiger partial charge in [0, 0.05) is 16.9 Å². The second kappa shape index (κ2) is 7.49. The molecule has 0 fully saturated rings. The molecule has 0 saturated carbocycles. The van der Waals surface area contributed by atoms with Crippen LogP contribution >= 0.6 is 23.2 Å². The van der Waals surface area contributed by atoms with E-state index >= 15 is 0 Å². The maximum absolute atomic E-state index is 11.6. The van der Waals surface area contributed by atoms with Crippen molar-refractivity contribution in [2.45, 2.75) is 19.9 Å². The molecule has 0 bridgehead atoms. The van der Waals surface area contributed by atoms with E-state index in [1.807, 2.05) is 13.8 Å². The number of amides is 1. The summed E-state index contributed by atoms with van der Waals surface area (Å²) < 4.78 is 5.33. The summed E-state index contributed by atoms with van der Waals surface area (Å²) in [5, 5.41) is 3.46. The number of rotatable bonds is 6. The van der Waals surface area contributed by atoms with Gasteiger partial charge in [-0.1, -0.05) is 25.4 Å².